The highest BCUT2D eigenvalue weighted by Gasteiger charge is 2.19. The monoisotopic (exact) mass is 602 g/mol. The minimum absolute atomic E-state index is 0.195. The molecule has 240 valence electrons. The Hall–Kier alpha value is -3.04. The standard InChI is InChI=1S/C15H10N2O2.C8H16O2.C6H14O2.C4H10O2/c18-10-16-14-5-1-12(2-6-14)9-13-3-7-15(8-4-13)17-11-19;9-5-7-1-2-8(6-10)4-3-7;7-5-3-1-2-4-6-8;5-3-1-2-4-6/h1-8H,9H2;7-10H,1-6H2;7-8H,1-6H2;5-6H,1-4H2. The van der Waals surface area contributed by atoms with Crippen molar-refractivity contribution in [2.45, 2.75) is 70.6 Å². The highest BCUT2D eigenvalue weighted by Crippen LogP contribution is 2.27. The molecule has 0 aromatic heterocycles. The molecule has 43 heavy (non-hydrogen) atoms. The zero-order chi connectivity index (χ0) is 32.0. The van der Waals surface area contributed by atoms with E-state index < -0.39 is 0 Å². The zero-order valence-corrected chi connectivity index (χ0v) is 25.2. The first-order valence-corrected chi connectivity index (χ1v) is 15.0. The number of hydrogen-bond acceptors (Lipinski definition) is 10. The smallest absolute Gasteiger partial charge is 0.240 e. The topological polar surface area (TPSA) is 180 Å². The maximum atomic E-state index is 10.1. The molecule has 0 saturated heterocycles. The Morgan fingerprint density at radius 2 is 0.814 bits per heavy atom. The molecule has 2 aromatic carbocycles. The molecule has 2 aromatic rings. The van der Waals surface area contributed by atoms with Gasteiger partial charge in [-0.3, -0.25) is 0 Å². The van der Waals surface area contributed by atoms with Gasteiger partial charge >= 0.3 is 0 Å². The summed E-state index contributed by atoms with van der Waals surface area (Å²) in [5.74, 6) is 1.03. The summed E-state index contributed by atoms with van der Waals surface area (Å²) < 4.78 is 0. The summed E-state index contributed by atoms with van der Waals surface area (Å²) in [4.78, 5) is 27.3. The molecule has 1 saturated carbocycles. The molecule has 1 aliphatic rings. The van der Waals surface area contributed by atoms with E-state index in [0.29, 0.717) is 36.4 Å². The van der Waals surface area contributed by atoms with Crippen LogP contribution in [0.2, 0.25) is 0 Å². The third kappa shape index (κ3) is 22.2. The van der Waals surface area contributed by atoms with Crippen LogP contribution in [-0.2, 0) is 16.0 Å². The van der Waals surface area contributed by atoms with E-state index >= 15 is 0 Å². The number of nitrogens with zero attached hydrogens (tertiary/aromatic N) is 2. The summed E-state index contributed by atoms with van der Waals surface area (Å²) in [6.45, 7) is 1.62. The van der Waals surface area contributed by atoms with Gasteiger partial charge in [0, 0.05) is 39.6 Å². The molecule has 0 spiro atoms. The van der Waals surface area contributed by atoms with Crippen molar-refractivity contribution >= 4 is 23.5 Å². The molecule has 0 amide bonds. The van der Waals surface area contributed by atoms with Gasteiger partial charge in [0.05, 0.1) is 11.4 Å². The average molecular weight is 603 g/mol. The summed E-state index contributed by atoms with van der Waals surface area (Å²) in [5.41, 5.74) is 3.40. The minimum atomic E-state index is 0.195. The number of benzene rings is 2. The fourth-order valence-corrected chi connectivity index (χ4v) is 4.12. The summed E-state index contributed by atoms with van der Waals surface area (Å²) >= 11 is 0. The van der Waals surface area contributed by atoms with Gasteiger partial charge in [0.15, 0.2) is 0 Å². The SMILES string of the molecule is O=C=Nc1ccc(Cc2ccc(N=C=O)cc2)cc1.OCC1CCC(CO)CC1.OCCCCCCO.OCCCCO. The summed E-state index contributed by atoms with van der Waals surface area (Å²) in [5, 5.41) is 50.4. The number of aliphatic hydroxyl groups is 6. The van der Waals surface area contributed by atoms with E-state index in [1.165, 1.54) is 12.2 Å². The third-order valence-electron chi connectivity index (χ3n) is 6.75. The molecule has 0 unspecified atom stereocenters. The summed E-state index contributed by atoms with van der Waals surface area (Å²) in [6.07, 6.45) is 13.4. The van der Waals surface area contributed by atoms with E-state index in [-0.39, 0.29) is 26.4 Å². The number of aliphatic imine (C=N–C) groups is 2. The van der Waals surface area contributed by atoms with Crippen LogP contribution < -0.4 is 0 Å². The van der Waals surface area contributed by atoms with Crippen molar-refractivity contribution in [1.82, 2.24) is 0 Å². The normalized spacial score (nSPS) is 15.1. The van der Waals surface area contributed by atoms with Gasteiger partial charge in [0.25, 0.3) is 0 Å². The Morgan fingerprint density at radius 1 is 0.512 bits per heavy atom. The summed E-state index contributed by atoms with van der Waals surface area (Å²) in [6, 6.07) is 14.7. The lowest BCUT2D eigenvalue weighted by molar-refractivity contribution is 0.131. The largest absolute Gasteiger partial charge is 0.396 e. The van der Waals surface area contributed by atoms with Crippen molar-refractivity contribution in [3.05, 3.63) is 59.7 Å². The Morgan fingerprint density at radius 3 is 1.07 bits per heavy atom. The van der Waals surface area contributed by atoms with Crippen LogP contribution in [0.4, 0.5) is 11.4 Å². The van der Waals surface area contributed by atoms with Crippen molar-refractivity contribution in [3.8, 4) is 0 Å². The van der Waals surface area contributed by atoms with Crippen LogP contribution in [0.1, 0.15) is 75.3 Å². The Bertz CT molecular complexity index is 915. The van der Waals surface area contributed by atoms with Crippen LogP contribution in [0.15, 0.2) is 58.5 Å². The van der Waals surface area contributed by atoms with Crippen molar-refractivity contribution in [3.63, 3.8) is 0 Å². The van der Waals surface area contributed by atoms with E-state index in [1.807, 2.05) is 24.3 Å². The first kappa shape index (κ1) is 40.0. The van der Waals surface area contributed by atoms with E-state index in [0.717, 1.165) is 81.8 Å². The first-order valence-electron chi connectivity index (χ1n) is 15.0. The van der Waals surface area contributed by atoms with Crippen LogP contribution >= 0.6 is 0 Å². The molecule has 0 aliphatic heterocycles. The molecule has 0 radical (unpaired) electrons. The second kappa shape index (κ2) is 29.1. The lowest BCUT2D eigenvalue weighted by atomic mass is 9.83. The van der Waals surface area contributed by atoms with E-state index in [1.54, 1.807) is 24.3 Å². The molecule has 1 fully saturated rings. The first-order chi connectivity index (χ1) is 21.0. The van der Waals surface area contributed by atoms with Crippen molar-refractivity contribution in [2.24, 2.45) is 21.8 Å². The minimum Gasteiger partial charge on any atom is -0.396 e. The maximum absolute atomic E-state index is 10.1. The molecule has 0 bridgehead atoms. The van der Waals surface area contributed by atoms with Crippen molar-refractivity contribution in [1.29, 1.82) is 0 Å². The van der Waals surface area contributed by atoms with Crippen LogP contribution in [0.25, 0.3) is 0 Å². The van der Waals surface area contributed by atoms with Gasteiger partial charge in [-0.25, -0.2) is 9.59 Å². The van der Waals surface area contributed by atoms with Gasteiger partial charge in [0.1, 0.15) is 0 Å². The molecule has 10 heteroatoms. The van der Waals surface area contributed by atoms with Crippen LogP contribution in [0.3, 0.4) is 0 Å². The average Bonchev–Trinajstić information content (AvgIpc) is 3.05. The van der Waals surface area contributed by atoms with Gasteiger partial charge in [-0.15, -0.1) is 0 Å². The molecule has 6 N–H and O–H groups in total. The fraction of sp³-hybridized carbons (Fsp3) is 0.576. The van der Waals surface area contributed by atoms with Gasteiger partial charge < -0.3 is 30.6 Å². The number of carbonyl (C=O) groups excluding carboxylic acids is 2. The van der Waals surface area contributed by atoms with E-state index in [9.17, 15) is 9.59 Å². The van der Waals surface area contributed by atoms with Gasteiger partial charge in [-0.2, -0.15) is 9.98 Å². The highest BCUT2D eigenvalue weighted by atomic mass is 16.3. The second-order valence-corrected chi connectivity index (χ2v) is 10.2. The van der Waals surface area contributed by atoms with E-state index in [2.05, 4.69) is 9.98 Å². The molecular formula is C33H50N2O8. The Labute approximate surface area is 255 Å². The predicted octanol–water partition coefficient (Wildman–Crippen LogP) is 4.27. The molecule has 10 nitrogen and oxygen atoms in total. The summed E-state index contributed by atoms with van der Waals surface area (Å²) in [7, 11) is 0. The molecule has 0 atom stereocenters. The Balaban J connectivity index is 0.000000618. The van der Waals surface area contributed by atoms with Crippen molar-refractivity contribution < 1.29 is 40.2 Å². The van der Waals surface area contributed by atoms with Gasteiger partial charge in [-0.1, -0.05) is 37.1 Å². The van der Waals surface area contributed by atoms with Gasteiger partial charge in [0.2, 0.25) is 12.2 Å². The van der Waals surface area contributed by atoms with Crippen LogP contribution in [-0.4, -0.2) is 82.4 Å². The zero-order valence-electron chi connectivity index (χ0n) is 25.2. The highest BCUT2D eigenvalue weighted by molar-refractivity contribution is 5.51. The third-order valence-corrected chi connectivity index (χ3v) is 6.75. The predicted molar refractivity (Wildman–Crippen MR) is 167 cm³/mol. The number of isocyanates is 2. The number of unbranched alkanes of at least 4 members (excludes halogenated alkanes) is 4. The molecule has 1 aliphatic carbocycles. The molecular weight excluding hydrogens is 552 g/mol. The number of rotatable bonds is 14. The maximum Gasteiger partial charge on any atom is 0.240 e. The van der Waals surface area contributed by atoms with Crippen molar-refractivity contribution in [2.75, 3.05) is 39.6 Å². The molecule has 3 rings (SSSR count). The second-order valence-electron chi connectivity index (χ2n) is 10.2. The van der Waals surface area contributed by atoms with E-state index in [4.69, 9.17) is 30.6 Å². The van der Waals surface area contributed by atoms with Crippen LogP contribution in [0.5, 0.6) is 0 Å². The lowest BCUT2D eigenvalue weighted by Crippen LogP contribution is -2.19. The number of aliphatic hydroxyl groups excluding tert-OH is 6. The van der Waals surface area contributed by atoms with Crippen LogP contribution in [0, 0.1) is 11.8 Å². The Kier molecular flexibility index (Phi) is 27.0. The molecule has 0 heterocycles. The van der Waals surface area contributed by atoms with Gasteiger partial charge in [-0.05, 0) is 105 Å². The lowest BCUT2D eigenvalue weighted by Gasteiger charge is -2.25. The fourth-order valence-electron chi connectivity index (χ4n) is 4.12. The number of hydrogen-bond donors (Lipinski definition) is 6. The quantitative estimate of drug-likeness (QED) is 0.105.